The van der Waals surface area contributed by atoms with Gasteiger partial charge in [0.2, 0.25) is 0 Å². The Morgan fingerprint density at radius 1 is 1.29 bits per heavy atom. The van der Waals surface area contributed by atoms with Crippen molar-refractivity contribution >= 4 is 21.7 Å². The van der Waals surface area contributed by atoms with Crippen molar-refractivity contribution < 1.29 is 9.53 Å². The fourth-order valence-corrected chi connectivity index (χ4v) is 2.26. The lowest BCUT2D eigenvalue weighted by Gasteiger charge is -2.11. The van der Waals surface area contributed by atoms with Crippen molar-refractivity contribution in [3.63, 3.8) is 0 Å². The lowest BCUT2D eigenvalue weighted by Crippen LogP contribution is -2.13. The highest BCUT2D eigenvalue weighted by molar-refractivity contribution is 9.10. The molecule has 0 aliphatic heterocycles. The minimum absolute atomic E-state index is 0.0793. The minimum Gasteiger partial charge on any atom is -0.491 e. The molecule has 0 saturated heterocycles. The van der Waals surface area contributed by atoms with Crippen molar-refractivity contribution in [1.82, 2.24) is 0 Å². The van der Waals surface area contributed by atoms with Gasteiger partial charge in [0.1, 0.15) is 5.75 Å². The number of alkyl halides is 1. The molecule has 0 heterocycles. The van der Waals surface area contributed by atoms with Crippen LogP contribution in [-0.4, -0.2) is 16.7 Å². The maximum absolute atomic E-state index is 12.0. The number of carbonyl (C=O) groups is 1. The standard InChI is InChI=1S/C14H19BrO2/c1-4-5-13(15)14(16)11-6-8-12(9-7-11)17-10(2)3/h6-10,13H,4-5H2,1-3H3. The van der Waals surface area contributed by atoms with Crippen LogP contribution in [0.4, 0.5) is 0 Å². The molecule has 1 rings (SSSR count). The van der Waals surface area contributed by atoms with Gasteiger partial charge in [0.05, 0.1) is 10.9 Å². The number of hydrogen-bond donors (Lipinski definition) is 0. The Morgan fingerprint density at radius 3 is 2.35 bits per heavy atom. The third-order valence-corrected chi connectivity index (χ3v) is 3.21. The first kappa shape index (κ1) is 14.2. The lowest BCUT2D eigenvalue weighted by molar-refractivity contribution is 0.0988. The molecule has 0 bridgehead atoms. The first-order chi connectivity index (χ1) is 8.04. The number of carbonyl (C=O) groups excluding carboxylic acids is 1. The molecule has 0 aliphatic carbocycles. The topological polar surface area (TPSA) is 26.3 Å². The summed E-state index contributed by atoms with van der Waals surface area (Å²) in [6, 6.07) is 7.34. The normalized spacial score (nSPS) is 12.5. The van der Waals surface area contributed by atoms with E-state index in [1.54, 1.807) is 0 Å². The van der Waals surface area contributed by atoms with E-state index in [0.717, 1.165) is 24.2 Å². The second-order valence-corrected chi connectivity index (χ2v) is 5.42. The zero-order valence-corrected chi connectivity index (χ0v) is 12.2. The van der Waals surface area contributed by atoms with E-state index in [9.17, 15) is 4.79 Å². The average molecular weight is 299 g/mol. The van der Waals surface area contributed by atoms with Gasteiger partial charge in [-0.05, 0) is 44.5 Å². The molecule has 0 radical (unpaired) electrons. The molecule has 0 amide bonds. The second kappa shape index (κ2) is 6.80. The summed E-state index contributed by atoms with van der Waals surface area (Å²) in [5.41, 5.74) is 0.733. The molecular formula is C14H19BrO2. The van der Waals surface area contributed by atoms with Gasteiger partial charge in [-0.3, -0.25) is 4.79 Å². The van der Waals surface area contributed by atoms with E-state index in [0.29, 0.717) is 0 Å². The molecule has 1 aromatic carbocycles. The van der Waals surface area contributed by atoms with Crippen molar-refractivity contribution in [3.05, 3.63) is 29.8 Å². The van der Waals surface area contributed by atoms with Crippen LogP contribution in [0.5, 0.6) is 5.75 Å². The molecule has 94 valence electrons. The van der Waals surface area contributed by atoms with Crippen molar-refractivity contribution in [3.8, 4) is 5.75 Å². The predicted octanol–water partition coefficient (Wildman–Crippen LogP) is 4.22. The number of Topliss-reactive ketones (excluding diaryl/α,β-unsaturated/α-hetero) is 1. The van der Waals surface area contributed by atoms with Crippen LogP contribution in [-0.2, 0) is 0 Å². The molecule has 0 aliphatic rings. The Kier molecular flexibility index (Phi) is 5.69. The Morgan fingerprint density at radius 2 is 1.88 bits per heavy atom. The van der Waals surface area contributed by atoms with Crippen LogP contribution in [0.2, 0.25) is 0 Å². The fourth-order valence-electron chi connectivity index (χ4n) is 1.54. The van der Waals surface area contributed by atoms with Crippen molar-refractivity contribution in [2.45, 2.75) is 44.5 Å². The van der Waals surface area contributed by atoms with Crippen molar-refractivity contribution in [2.75, 3.05) is 0 Å². The third kappa shape index (κ3) is 4.50. The summed E-state index contributed by atoms with van der Waals surface area (Å²) < 4.78 is 5.53. The largest absolute Gasteiger partial charge is 0.491 e. The summed E-state index contributed by atoms with van der Waals surface area (Å²) in [6.07, 6.45) is 2.01. The smallest absolute Gasteiger partial charge is 0.176 e. The molecule has 1 atom stereocenters. The van der Waals surface area contributed by atoms with Gasteiger partial charge in [0.25, 0.3) is 0 Å². The molecule has 2 nitrogen and oxygen atoms in total. The lowest BCUT2D eigenvalue weighted by atomic mass is 10.1. The van der Waals surface area contributed by atoms with Crippen LogP contribution in [0.15, 0.2) is 24.3 Å². The van der Waals surface area contributed by atoms with Crippen molar-refractivity contribution in [2.24, 2.45) is 0 Å². The summed E-state index contributed by atoms with van der Waals surface area (Å²) in [4.78, 5) is 11.9. The van der Waals surface area contributed by atoms with Gasteiger partial charge < -0.3 is 4.74 Å². The van der Waals surface area contributed by atoms with E-state index in [2.05, 4.69) is 22.9 Å². The van der Waals surface area contributed by atoms with Crippen LogP contribution in [0.1, 0.15) is 44.0 Å². The second-order valence-electron chi connectivity index (χ2n) is 4.31. The zero-order chi connectivity index (χ0) is 12.8. The van der Waals surface area contributed by atoms with Gasteiger partial charge in [0, 0.05) is 5.56 Å². The van der Waals surface area contributed by atoms with Gasteiger partial charge in [-0.25, -0.2) is 0 Å². The predicted molar refractivity (Wildman–Crippen MR) is 74.2 cm³/mol. The minimum atomic E-state index is -0.0793. The summed E-state index contributed by atoms with van der Waals surface area (Å²) in [7, 11) is 0. The molecule has 3 heteroatoms. The molecule has 0 saturated carbocycles. The summed E-state index contributed by atoms with van der Waals surface area (Å²) >= 11 is 3.42. The Bertz CT molecular complexity index is 357. The van der Waals surface area contributed by atoms with Crippen molar-refractivity contribution in [1.29, 1.82) is 0 Å². The molecule has 0 fully saturated rings. The maximum atomic E-state index is 12.0. The molecule has 1 unspecified atom stereocenters. The van der Waals surface area contributed by atoms with E-state index in [4.69, 9.17) is 4.74 Å². The third-order valence-electron chi connectivity index (χ3n) is 2.34. The quantitative estimate of drug-likeness (QED) is 0.580. The highest BCUT2D eigenvalue weighted by Gasteiger charge is 2.15. The van der Waals surface area contributed by atoms with Gasteiger partial charge in [-0.2, -0.15) is 0 Å². The maximum Gasteiger partial charge on any atom is 0.176 e. The van der Waals surface area contributed by atoms with E-state index in [1.165, 1.54) is 0 Å². The summed E-state index contributed by atoms with van der Waals surface area (Å²) in [5, 5.41) is 0. The first-order valence-corrected chi connectivity index (χ1v) is 6.91. The van der Waals surface area contributed by atoms with Crippen LogP contribution in [0, 0.1) is 0 Å². The first-order valence-electron chi connectivity index (χ1n) is 5.99. The van der Waals surface area contributed by atoms with Crippen LogP contribution >= 0.6 is 15.9 Å². The molecule has 0 N–H and O–H groups in total. The highest BCUT2D eigenvalue weighted by Crippen LogP contribution is 2.18. The number of ether oxygens (including phenoxy) is 1. The van der Waals surface area contributed by atoms with E-state index in [1.807, 2.05) is 38.1 Å². The van der Waals surface area contributed by atoms with Crippen LogP contribution < -0.4 is 4.74 Å². The highest BCUT2D eigenvalue weighted by atomic mass is 79.9. The van der Waals surface area contributed by atoms with Crippen LogP contribution in [0.3, 0.4) is 0 Å². The fraction of sp³-hybridized carbons (Fsp3) is 0.500. The molecule has 0 aromatic heterocycles. The Labute approximate surface area is 111 Å². The SMILES string of the molecule is CCCC(Br)C(=O)c1ccc(OC(C)C)cc1. The molecule has 17 heavy (non-hydrogen) atoms. The summed E-state index contributed by atoms with van der Waals surface area (Å²) in [5.74, 6) is 0.945. The summed E-state index contributed by atoms with van der Waals surface area (Å²) in [6.45, 7) is 6.03. The monoisotopic (exact) mass is 298 g/mol. The molecule has 1 aromatic rings. The Hall–Kier alpha value is -0.830. The number of halogens is 1. The van der Waals surface area contributed by atoms with Crippen LogP contribution in [0.25, 0.3) is 0 Å². The molecule has 0 spiro atoms. The van der Waals surface area contributed by atoms with E-state index in [-0.39, 0.29) is 16.7 Å². The number of hydrogen-bond acceptors (Lipinski definition) is 2. The van der Waals surface area contributed by atoms with E-state index < -0.39 is 0 Å². The number of rotatable bonds is 6. The van der Waals surface area contributed by atoms with Gasteiger partial charge in [-0.1, -0.05) is 29.3 Å². The molecular weight excluding hydrogens is 280 g/mol. The zero-order valence-electron chi connectivity index (χ0n) is 10.6. The van der Waals surface area contributed by atoms with E-state index >= 15 is 0 Å². The Balaban J connectivity index is 2.70. The van der Waals surface area contributed by atoms with Gasteiger partial charge >= 0.3 is 0 Å². The number of benzene rings is 1. The number of ketones is 1. The van der Waals surface area contributed by atoms with Gasteiger partial charge in [0.15, 0.2) is 5.78 Å². The average Bonchev–Trinajstić information content (AvgIpc) is 2.28. The van der Waals surface area contributed by atoms with Gasteiger partial charge in [-0.15, -0.1) is 0 Å².